The van der Waals surface area contributed by atoms with Gasteiger partial charge in [0.05, 0.1) is 0 Å². The van der Waals surface area contributed by atoms with Gasteiger partial charge in [-0.1, -0.05) is 11.8 Å². The van der Waals surface area contributed by atoms with Gasteiger partial charge in [0.25, 0.3) is 0 Å². The van der Waals surface area contributed by atoms with E-state index in [0.717, 1.165) is 0 Å². The quantitative estimate of drug-likeness (QED) is 0.396. The molecular weight excluding hydrogens is 463 g/mol. The minimum Gasteiger partial charge on any atom is -0.192 e. The fourth-order valence-corrected chi connectivity index (χ4v) is 1.66. The number of rotatable bonds is 7. The highest BCUT2D eigenvalue weighted by Crippen LogP contribution is 2.64. The second-order valence-electron chi connectivity index (χ2n) is 4.67. The minimum atomic E-state index is -8.57. The molecule has 0 aromatic carbocycles. The first-order chi connectivity index (χ1) is 11.3. The Kier molecular flexibility index (Phi) is 6.13. The minimum absolute atomic E-state index is 0.146. The molecule has 0 spiro atoms. The maximum absolute atomic E-state index is 13.1. The van der Waals surface area contributed by atoms with Gasteiger partial charge in [-0.2, -0.15) is 74.6 Å². The van der Waals surface area contributed by atoms with E-state index in [2.05, 4.69) is 0 Å². The number of hydrogen-bond donors (Lipinski definition) is 0. The summed E-state index contributed by atoms with van der Waals surface area (Å²) in [5, 5.41) is -6.35. The molecule has 0 atom stereocenters. The Morgan fingerprint density at radius 3 is 0.815 bits per heavy atom. The molecule has 0 aliphatic heterocycles. The van der Waals surface area contributed by atoms with E-state index < -0.39 is 58.7 Å². The summed E-state index contributed by atoms with van der Waals surface area (Å²) in [4.78, 5) is 0. The van der Waals surface area contributed by atoms with Crippen LogP contribution in [0.25, 0.3) is 0 Å². The molecule has 0 fully saturated rings. The molecule has 0 radical (unpaired) electrons. The molecule has 0 rings (SSSR count). The number of alkyl halides is 17. The summed E-state index contributed by atoms with van der Waals surface area (Å²) in [7, 11) is 0. The molecule has 0 aliphatic carbocycles. The SMILES string of the molecule is CSC(F)(F)C(F)(F)C(F)(F)C(F)(F)C(F)(F)C(F)(F)C(F)(F)C(F)(F)F. The molecule has 27 heavy (non-hydrogen) atoms. The zero-order valence-corrected chi connectivity index (χ0v) is 12.7. The summed E-state index contributed by atoms with van der Waals surface area (Å²) in [6.45, 7) is 0. The summed E-state index contributed by atoms with van der Waals surface area (Å²) in [6.07, 6.45) is -7.89. The van der Waals surface area contributed by atoms with Crippen molar-refractivity contribution in [3.63, 3.8) is 0 Å². The lowest BCUT2D eigenvalue weighted by molar-refractivity contribution is -0.458. The predicted octanol–water partition coefficient (Wildman–Crippen LogP) is 6.32. The van der Waals surface area contributed by atoms with Crippen LogP contribution in [0.3, 0.4) is 0 Å². The van der Waals surface area contributed by atoms with E-state index in [1.165, 1.54) is 0 Å². The van der Waals surface area contributed by atoms with Gasteiger partial charge in [-0.05, 0) is 6.26 Å². The molecule has 0 unspecified atom stereocenters. The summed E-state index contributed by atoms with van der Waals surface area (Å²) in [5.74, 6) is -49.4. The van der Waals surface area contributed by atoms with Gasteiger partial charge in [-0.15, -0.1) is 0 Å². The van der Waals surface area contributed by atoms with Crippen molar-refractivity contribution in [1.82, 2.24) is 0 Å². The van der Waals surface area contributed by atoms with Crippen molar-refractivity contribution in [2.75, 3.05) is 6.26 Å². The van der Waals surface area contributed by atoms with Gasteiger partial charge in [0, 0.05) is 0 Å². The van der Waals surface area contributed by atoms with Gasteiger partial charge in [0.15, 0.2) is 0 Å². The van der Waals surface area contributed by atoms with E-state index in [1.54, 1.807) is 0 Å². The van der Waals surface area contributed by atoms with E-state index >= 15 is 0 Å². The topological polar surface area (TPSA) is 0 Å². The second-order valence-corrected chi connectivity index (χ2v) is 5.59. The summed E-state index contributed by atoms with van der Waals surface area (Å²) < 4.78 is 215. The largest absolute Gasteiger partial charge is 0.460 e. The summed E-state index contributed by atoms with van der Waals surface area (Å²) >= 11 is -1.65. The Morgan fingerprint density at radius 1 is 0.370 bits per heavy atom. The lowest BCUT2D eigenvalue weighted by atomic mass is 9.91. The zero-order chi connectivity index (χ0) is 22.7. The predicted molar refractivity (Wildman–Crippen MR) is 54.2 cm³/mol. The molecule has 0 aromatic rings. The molecule has 0 N–H and O–H groups in total. The first-order valence-electron chi connectivity index (χ1n) is 5.58. The van der Waals surface area contributed by atoms with Gasteiger partial charge in [0.1, 0.15) is 0 Å². The lowest BCUT2D eigenvalue weighted by Gasteiger charge is -2.42. The van der Waals surface area contributed by atoms with Crippen molar-refractivity contribution >= 4 is 11.8 Å². The van der Waals surface area contributed by atoms with E-state index in [4.69, 9.17) is 0 Å². The highest BCUT2D eigenvalue weighted by atomic mass is 32.2. The number of thioether (sulfide) groups is 1. The van der Waals surface area contributed by atoms with Crippen molar-refractivity contribution < 1.29 is 74.6 Å². The average Bonchev–Trinajstić information content (AvgIpc) is 2.44. The zero-order valence-electron chi connectivity index (χ0n) is 11.8. The Labute approximate surface area is 141 Å². The van der Waals surface area contributed by atoms with Crippen LogP contribution in [-0.2, 0) is 0 Å². The third-order valence-electron chi connectivity index (χ3n) is 2.95. The van der Waals surface area contributed by atoms with Crippen molar-refractivity contribution in [1.29, 1.82) is 0 Å². The standard InChI is InChI=1S/C9H3F17S/c1-27-9(25,26)7(20,21)5(16,17)3(12,13)2(10,11)4(14,15)6(18,19)8(22,23)24/h1H3. The van der Waals surface area contributed by atoms with E-state index in [1.807, 2.05) is 0 Å². The van der Waals surface area contributed by atoms with Crippen LogP contribution in [0.5, 0.6) is 0 Å². The molecule has 0 amide bonds. The van der Waals surface area contributed by atoms with Crippen LogP contribution < -0.4 is 0 Å². The van der Waals surface area contributed by atoms with Crippen LogP contribution in [-0.4, -0.2) is 53.2 Å². The number of hydrogen-bond acceptors (Lipinski definition) is 1. The first kappa shape index (κ1) is 26.2. The fraction of sp³-hybridized carbons (Fsp3) is 1.00. The normalized spacial score (nSPS) is 16.7. The molecule has 0 saturated carbocycles. The molecular formula is C9H3F17S. The third kappa shape index (κ3) is 3.18. The van der Waals surface area contributed by atoms with Crippen molar-refractivity contribution in [3.05, 3.63) is 0 Å². The van der Waals surface area contributed by atoms with E-state index in [9.17, 15) is 74.6 Å². The highest BCUT2D eigenvalue weighted by molar-refractivity contribution is 7.99. The Morgan fingerprint density at radius 2 is 0.593 bits per heavy atom. The van der Waals surface area contributed by atoms with Gasteiger partial charge in [-0.3, -0.25) is 0 Å². The van der Waals surface area contributed by atoms with Crippen LogP contribution in [0.15, 0.2) is 0 Å². The molecule has 18 heteroatoms. The molecule has 0 aliphatic rings. The highest BCUT2D eigenvalue weighted by Gasteiger charge is 2.95. The monoisotopic (exact) mass is 466 g/mol. The Hall–Kier alpha value is -0.840. The van der Waals surface area contributed by atoms with Gasteiger partial charge >= 0.3 is 47.0 Å². The smallest absolute Gasteiger partial charge is 0.192 e. The van der Waals surface area contributed by atoms with E-state index in [-0.39, 0.29) is 6.26 Å². The van der Waals surface area contributed by atoms with Crippen LogP contribution >= 0.6 is 11.8 Å². The Bertz CT molecular complexity index is 543. The van der Waals surface area contributed by atoms with Crippen LogP contribution in [0, 0.1) is 0 Å². The fourth-order valence-electron chi connectivity index (χ4n) is 1.28. The van der Waals surface area contributed by atoms with Crippen molar-refractivity contribution in [2.24, 2.45) is 0 Å². The molecule has 0 bridgehead atoms. The van der Waals surface area contributed by atoms with Crippen LogP contribution in [0.4, 0.5) is 74.6 Å². The van der Waals surface area contributed by atoms with Gasteiger partial charge < -0.3 is 0 Å². The average molecular weight is 466 g/mol. The maximum Gasteiger partial charge on any atom is 0.460 e. The molecule has 0 saturated heterocycles. The summed E-state index contributed by atoms with van der Waals surface area (Å²) in [6, 6.07) is 0. The van der Waals surface area contributed by atoms with Gasteiger partial charge in [-0.25, -0.2) is 0 Å². The molecule has 164 valence electrons. The van der Waals surface area contributed by atoms with Gasteiger partial charge in [0.2, 0.25) is 0 Å². The van der Waals surface area contributed by atoms with Crippen LogP contribution in [0.2, 0.25) is 0 Å². The maximum atomic E-state index is 13.1. The summed E-state index contributed by atoms with van der Waals surface area (Å²) in [5.41, 5.74) is 0. The van der Waals surface area contributed by atoms with Crippen molar-refractivity contribution in [2.45, 2.75) is 47.0 Å². The Balaban J connectivity index is 6.65. The number of halogens is 17. The molecule has 0 aromatic heterocycles. The van der Waals surface area contributed by atoms with Crippen LogP contribution in [0.1, 0.15) is 0 Å². The molecule has 0 heterocycles. The molecule has 0 nitrogen and oxygen atoms in total. The second kappa shape index (κ2) is 6.33. The lowest BCUT2D eigenvalue weighted by Crippen LogP contribution is -2.74. The third-order valence-corrected chi connectivity index (χ3v) is 3.72. The first-order valence-corrected chi connectivity index (χ1v) is 6.80. The van der Waals surface area contributed by atoms with E-state index in [0.29, 0.717) is 0 Å². The van der Waals surface area contributed by atoms with Crippen molar-refractivity contribution in [3.8, 4) is 0 Å².